The highest BCUT2D eigenvalue weighted by Crippen LogP contribution is 2.43. The third-order valence-corrected chi connectivity index (χ3v) is 7.41. The Kier molecular flexibility index (Phi) is 10.6. The second kappa shape index (κ2) is 15.1. The molecule has 3 N–H and O–H groups in total. The van der Waals surface area contributed by atoms with Gasteiger partial charge in [-0.15, -0.1) is 0 Å². The minimum absolute atomic E-state index is 0.0187. The number of ether oxygens (including phenoxy) is 2. The van der Waals surface area contributed by atoms with Gasteiger partial charge in [0.05, 0.1) is 13.2 Å². The first-order valence-corrected chi connectivity index (χ1v) is 14.6. The Morgan fingerprint density at radius 1 is 1.00 bits per heavy atom. The molecule has 4 aromatic carbocycles. The van der Waals surface area contributed by atoms with Crippen molar-refractivity contribution in [2.45, 2.75) is 37.6 Å². The third kappa shape index (κ3) is 7.67. The van der Waals surface area contributed by atoms with Crippen LogP contribution in [0.3, 0.4) is 0 Å². The first kappa shape index (κ1) is 32.1. The van der Waals surface area contributed by atoms with Crippen molar-refractivity contribution in [3.63, 3.8) is 0 Å². The molecule has 0 saturated carbocycles. The van der Waals surface area contributed by atoms with Gasteiger partial charge in [-0.25, -0.2) is 19.2 Å². The lowest BCUT2D eigenvalue weighted by molar-refractivity contribution is -0.130. The molecule has 1 aliphatic rings. The van der Waals surface area contributed by atoms with E-state index < -0.39 is 29.2 Å². The van der Waals surface area contributed by atoms with Crippen molar-refractivity contribution < 1.29 is 28.2 Å². The SMILES string of the molecule is [N-]=[N+]=NCc1ccccc1[C@@H]1OC(c2ccc(OCCCO)cc2)=N[C@]1(Cc1ccccc1)C(=O)NNCc1cc(F)cc(F)c1. The molecule has 0 aliphatic carbocycles. The minimum atomic E-state index is -1.57. The maximum atomic E-state index is 14.4. The number of nitrogens with one attached hydrogen (secondary N) is 2. The molecule has 0 radical (unpaired) electrons. The van der Waals surface area contributed by atoms with Crippen molar-refractivity contribution in [3.8, 4) is 5.75 Å². The number of aliphatic imine (C=N–C) groups is 1. The van der Waals surface area contributed by atoms with Crippen molar-refractivity contribution in [2.24, 2.45) is 10.1 Å². The highest BCUT2D eigenvalue weighted by molar-refractivity contribution is 6.01. The Morgan fingerprint density at radius 2 is 1.72 bits per heavy atom. The van der Waals surface area contributed by atoms with Crippen LogP contribution in [0.1, 0.15) is 40.3 Å². The summed E-state index contributed by atoms with van der Waals surface area (Å²) in [5, 5.41) is 12.8. The summed E-state index contributed by atoms with van der Waals surface area (Å²) in [6.45, 7) is 0.334. The van der Waals surface area contributed by atoms with E-state index in [1.807, 2.05) is 30.3 Å². The zero-order chi connectivity index (χ0) is 32.4. The second-order valence-electron chi connectivity index (χ2n) is 10.6. The van der Waals surface area contributed by atoms with Gasteiger partial charge in [0.2, 0.25) is 5.90 Å². The number of aliphatic hydroxyl groups excluding tert-OH is 1. The van der Waals surface area contributed by atoms with Gasteiger partial charge >= 0.3 is 0 Å². The lowest BCUT2D eigenvalue weighted by Gasteiger charge is -2.31. The summed E-state index contributed by atoms with van der Waals surface area (Å²) in [7, 11) is 0. The molecule has 1 amide bonds. The fourth-order valence-electron chi connectivity index (χ4n) is 5.26. The van der Waals surface area contributed by atoms with E-state index in [1.165, 1.54) is 12.1 Å². The number of aliphatic hydroxyl groups is 1. The van der Waals surface area contributed by atoms with Crippen LogP contribution in [-0.2, 0) is 29.0 Å². The lowest BCUT2D eigenvalue weighted by Crippen LogP contribution is -2.53. The maximum Gasteiger partial charge on any atom is 0.266 e. The number of hydrogen-bond acceptors (Lipinski definition) is 7. The monoisotopic (exact) mass is 626 g/mol. The van der Waals surface area contributed by atoms with Gasteiger partial charge in [0.1, 0.15) is 17.4 Å². The Balaban J connectivity index is 1.55. The van der Waals surface area contributed by atoms with E-state index in [9.17, 15) is 13.6 Å². The highest BCUT2D eigenvalue weighted by atomic mass is 19.1. The maximum absolute atomic E-state index is 14.4. The Bertz CT molecular complexity index is 1710. The summed E-state index contributed by atoms with van der Waals surface area (Å²) >= 11 is 0. The number of carbonyl (C=O) groups excluding carboxylic acids is 1. The van der Waals surface area contributed by atoms with E-state index in [2.05, 4.69) is 20.9 Å². The summed E-state index contributed by atoms with van der Waals surface area (Å²) in [6, 6.07) is 26.7. The molecule has 0 spiro atoms. The number of hydrogen-bond donors (Lipinski definition) is 3. The van der Waals surface area contributed by atoms with Crippen molar-refractivity contribution in [1.29, 1.82) is 0 Å². The van der Waals surface area contributed by atoms with Gasteiger partial charge in [-0.3, -0.25) is 10.2 Å². The van der Waals surface area contributed by atoms with Crippen molar-refractivity contribution >= 4 is 11.8 Å². The number of benzene rings is 4. The molecule has 1 aliphatic heterocycles. The smallest absolute Gasteiger partial charge is 0.266 e. The number of carbonyl (C=O) groups is 1. The molecule has 0 saturated heterocycles. The average Bonchev–Trinajstić information content (AvgIpc) is 3.44. The van der Waals surface area contributed by atoms with Crippen LogP contribution in [0, 0.1) is 11.6 Å². The van der Waals surface area contributed by atoms with Gasteiger partial charge in [0.25, 0.3) is 5.91 Å². The molecule has 0 unspecified atom stereocenters. The fourth-order valence-corrected chi connectivity index (χ4v) is 5.26. The number of rotatable bonds is 14. The molecule has 236 valence electrons. The van der Waals surface area contributed by atoms with Crippen LogP contribution in [0.2, 0.25) is 0 Å². The molecular formula is C34H32F2N6O4. The molecule has 1 heterocycles. The number of amides is 1. The van der Waals surface area contributed by atoms with Crippen LogP contribution in [-0.4, -0.2) is 35.7 Å². The molecule has 12 heteroatoms. The number of hydrazine groups is 1. The van der Waals surface area contributed by atoms with E-state index in [0.717, 1.165) is 11.6 Å². The predicted octanol–water partition coefficient (Wildman–Crippen LogP) is 5.86. The van der Waals surface area contributed by atoms with Crippen LogP contribution in [0.5, 0.6) is 5.75 Å². The molecule has 0 aromatic heterocycles. The normalized spacial score (nSPS) is 17.0. The van der Waals surface area contributed by atoms with Crippen molar-refractivity contribution in [2.75, 3.05) is 13.2 Å². The van der Waals surface area contributed by atoms with Crippen LogP contribution >= 0.6 is 0 Å². The van der Waals surface area contributed by atoms with Gasteiger partial charge in [-0.1, -0.05) is 59.7 Å². The summed E-state index contributed by atoms with van der Waals surface area (Å²) in [5.41, 5.74) is 15.9. The van der Waals surface area contributed by atoms with Crippen LogP contribution in [0.15, 0.2) is 107 Å². The molecule has 2 atom stereocenters. The molecule has 5 rings (SSSR count). The number of halogens is 2. The van der Waals surface area contributed by atoms with Gasteiger partial charge < -0.3 is 14.6 Å². The minimum Gasteiger partial charge on any atom is -0.494 e. The lowest BCUT2D eigenvalue weighted by atomic mass is 9.81. The zero-order valence-corrected chi connectivity index (χ0v) is 24.8. The summed E-state index contributed by atoms with van der Waals surface area (Å²) in [5.74, 6) is -1.20. The highest BCUT2D eigenvalue weighted by Gasteiger charge is 2.53. The summed E-state index contributed by atoms with van der Waals surface area (Å²) < 4.78 is 39.8. The van der Waals surface area contributed by atoms with Crippen LogP contribution in [0.4, 0.5) is 8.78 Å². The second-order valence-corrected chi connectivity index (χ2v) is 10.6. The van der Waals surface area contributed by atoms with E-state index in [0.29, 0.717) is 41.0 Å². The van der Waals surface area contributed by atoms with Gasteiger partial charge in [-0.2, -0.15) is 0 Å². The van der Waals surface area contributed by atoms with E-state index in [1.54, 1.807) is 48.5 Å². The molecule has 0 bridgehead atoms. The summed E-state index contributed by atoms with van der Waals surface area (Å²) in [4.78, 5) is 22.2. The topological polar surface area (TPSA) is 141 Å². The largest absolute Gasteiger partial charge is 0.494 e. The molecule has 10 nitrogen and oxygen atoms in total. The molecule has 4 aromatic rings. The van der Waals surface area contributed by atoms with Crippen LogP contribution in [0.25, 0.3) is 10.4 Å². The van der Waals surface area contributed by atoms with Crippen molar-refractivity contribution in [3.05, 3.63) is 147 Å². The standard InChI is InChI=1S/C34H32F2N6O4/c35-27-17-24(18-28(36)19-27)21-38-41-33(44)34(20-23-7-2-1-3-8-23)31(30-10-5-4-9-26(30)22-39-42-37)46-32(40-34)25-11-13-29(14-12-25)45-16-6-15-43/h1-5,7-14,17-19,31,38,43H,6,15-16,20-22H2,(H,41,44)/t31-,34-/m0/s1. The number of azide groups is 1. The fraction of sp³-hybridized carbons (Fsp3) is 0.235. The van der Waals surface area contributed by atoms with Crippen molar-refractivity contribution in [1.82, 2.24) is 10.9 Å². The van der Waals surface area contributed by atoms with E-state index in [-0.39, 0.29) is 32.0 Å². The first-order chi connectivity index (χ1) is 22.4. The number of nitrogens with zero attached hydrogens (tertiary/aromatic N) is 4. The first-order valence-electron chi connectivity index (χ1n) is 14.6. The van der Waals surface area contributed by atoms with Crippen LogP contribution < -0.4 is 15.6 Å². The average molecular weight is 627 g/mol. The van der Waals surface area contributed by atoms with Gasteiger partial charge in [0.15, 0.2) is 11.6 Å². The Labute approximate surface area is 264 Å². The molecule has 46 heavy (non-hydrogen) atoms. The molecule has 0 fully saturated rings. The molecular weight excluding hydrogens is 594 g/mol. The quantitative estimate of drug-likeness (QED) is 0.0529. The van der Waals surface area contributed by atoms with Gasteiger partial charge in [-0.05, 0) is 64.2 Å². The van der Waals surface area contributed by atoms with E-state index in [4.69, 9.17) is 25.1 Å². The Morgan fingerprint density at radius 3 is 2.43 bits per heavy atom. The third-order valence-electron chi connectivity index (χ3n) is 7.41. The summed E-state index contributed by atoms with van der Waals surface area (Å²) in [6.07, 6.45) is -0.336. The van der Waals surface area contributed by atoms with Gasteiger partial charge in [0, 0.05) is 42.5 Å². The zero-order valence-electron chi connectivity index (χ0n) is 24.8. The predicted molar refractivity (Wildman–Crippen MR) is 168 cm³/mol. The Hall–Kier alpha value is -5.29. The van der Waals surface area contributed by atoms with E-state index >= 15 is 0 Å².